The number of aryl methyl sites for hydroxylation is 1. The Morgan fingerprint density at radius 2 is 1.58 bits per heavy atom. The Morgan fingerprint density at radius 3 is 2.29 bits per heavy atom. The number of hydrogen-bond acceptors (Lipinski definition) is 2. The van der Waals surface area contributed by atoms with Gasteiger partial charge in [0.05, 0.1) is 18.8 Å². The van der Waals surface area contributed by atoms with Gasteiger partial charge in [-0.15, -0.1) is 0 Å². The average molecular weight is 428 g/mol. The summed E-state index contributed by atoms with van der Waals surface area (Å²) in [7, 11) is 0. The van der Waals surface area contributed by atoms with Crippen molar-refractivity contribution < 1.29 is 27.0 Å². The molecule has 1 fully saturated rings. The molecule has 1 aliphatic heterocycles. The first-order chi connectivity index (χ1) is 14.9. The molecular formula is C25H20F4O2. The molecular weight excluding hydrogens is 408 g/mol. The van der Waals surface area contributed by atoms with E-state index in [-0.39, 0.29) is 17.2 Å². The summed E-state index contributed by atoms with van der Waals surface area (Å²) in [5, 5.41) is 0.566. The summed E-state index contributed by atoms with van der Waals surface area (Å²) in [6.07, 6.45) is 0.547. The van der Waals surface area contributed by atoms with Gasteiger partial charge >= 0.3 is 0 Å². The van der Waals surface area contributed by atoms with E-state index in [1.807, 2.05) is 6.92 Å². The summed E-state index contributed by atoms with van der Waals surface area (Å²) in [6.45, 7) is 3.24. The molecule has 0 bridgehead atoms. The van der Waals surface area contributed by atoms with E-state index in [1.54, 1.807) is 6.07 Å². The number of hydrogen-bond donors (Lipinski definition) is 0. The fraction of sp³-hybridized carbons (Fsp3) is 0.280. The molecule has 3 aromatic rings. The van der Waals surface area contributed by atoms with E-state index in [2.05, 4.69) is 11.8 Å². The largest absolute Gasteiger partial charge is 0.352 e. The summed E-state index contributed by atoms with van der Waals surface area (Å²) in [6, 6.07) is 9.39. The van der Waals surface area contributed by atoms with Gasteiger partial charge in [-0.05, 0) is 47.7 Å². The molecule has 2 nitrogen and oxygen atoms in total. The highest BCUT2D eigenvalue weighted by Crippen LogP contribution is 2.22. The fourth-order valence-corrected chi connectivity index (χ4v) is 3.46. The Morgan fingerprint density at radius 1 is 0.871 bits per heavy atom. The monoisotopic (exact) mass is 428 g/mol. The Balaban J connectivity index is 1.50. The van der Waals surface area contributed by atoms with Crippen molar-refractivity contribution in [3.63, 3.8) is 0 Å². The second kappa shape index (κ2) is 9.09. The molecule has 0 aromatic heterocycles. The first-order valence-corrected chi connectivity index (χ1v) is 10.0. The molecule has 0 atom stereocenters. The summed E-state index contributed by atoms with van der Waals surface area (Å²) in [5.41, 5.74) is 0.588. The van der Waals surface area contributed by atoms with Crippen molar-refractivity contribution in [1.82, 2.24) is 0 Å². The lowest BCUT2D eigenvalue weighted by molar-refractivity contribution is -0.199. The van der Waals surface area contributed by atoms with E-state index in [1.165, 1.54) is 30.3 Å². The van der Waals surface area contributed by atoms with E-state index in [0.717, 1.165) is 6.07 Å². The molecule has 0 amide bonds. The molecule has 1 saturated heterocycles. The van der Waals surface area contributed by atoms with Gasteiger partial charge in [0.25, 0.3) is 0 Å². The van der Waals surface area contributed by atoms with Gasteiger partial charge in [0.2, 0.25) is 0 Å². The van der Waals surface area contributed by atoms with Crippen LogP contribution in [0.4, 0.5) is 17.6 Å². The summed E-state index contributed by atoms with van der Waals surface area (Å²) < 4.78 is 67.2. The van der Waals surface area contributed by atoms with Gasteiger partial charge in [0.1, 0.15) is 11.6 Å². The van der Waals surface area contributed by atoms with Crippen LogP contribution in [0.5, 0.6) is 0 Å². The van der Waals surface area contributed by atoms with Crippen LogP contribution in [-0.4, -0.2) is 19.5 Å². The standard InChI is InChI=1S/C25H20F4O2/c1-15-13-30-24(31-14-15)9-4-17-11-22(27)20(23(28)12-17)7-3-16-2-6-19-18(10-16)5-8-21(26)25(19)29/h2,5-6,8,10-12,15,24H,4,9,13-14H2,1H3. The van der Waals surface area contributed by atoms with E-state index >= 15 is 0 Å². The number of benzene rings is 3. The van der Waals surface area contributed by atoms with Gasteiger partial charge in [0, 0.05) is 23.3 Å². The predicted molar refractivity (Wildman–Crippen MR) is 109 cm³/mol. The topological polar surface area (TPSA) is 18.5 Å². The molecule has 0 N–H and O–H groups in total. The highest BCUT2D eigenvalue weighted by atomic mass is 19.2. The highest BCUT2D eigenvalue weighted by Gasteiger charge is 2.19. The van der Waals surface area contributed by atoms with Crippen LogP contribution in [0.1, 0.15) is 30.0 Å². The number of fused-ring (bicyclic) bond motifs is 1. The molecule has 0 spiro atoms. The molecule has 1 aliphatic rings. The third-order valence-electron chi connectivity index (χ3n) is 5.14. The van der Waals surface area contributed by atoms with Crippen molar-refractivity contribution in [3.8, 4) is 11.8 Å². The Kier molecular flexibility index (Phi) is 6.26. The first-order valence-electron chi connectivity index (χ1n) is 10.0. The Labute approximate surface area is 177 Å². The maximum Gasteiger partial charge on any atom is 0.166 e. The lowest BCUT2D eigenvalue weighted by atomic mass is 10.0. The zero-order valence-electron chi connectivity index (χ0n) is 16.9. The minimum Gasteiger partial charge on any atom is -0.352 e. The first kappa shape index (κ1) is 21.4. The highest BCUT2D eigenvalue weighted by molar-refractivity contribution is 5.84. The van der Waals surface area contributed by atoms with Crippen LogP contribution in [0.25, 0.3) is 10.8 Å². The van der Waals surface area contributed by atoms with E-state index in [0.29, 0.717) is 48.5 Å². The van der Waals surface area contributed by atoms with Gasteiger partial charge in [-0.25, -0.2) is 17.6 Å². The Hall–Kier alpha value is -2.88. The van der Waals surface area contributed by atoms with Crippen LogP contribution < -0.4 is 0 Å². The number of halogens is 4. The van der Waals surface area contributed by atoms with Gasteiger partial charge in [-0.2, -0.15) is 0 Å². The molecule has 0 aliphatic carbocycles. The molecule has 4 rings (SSSR count). The van der Waals surface area contributed by atoms with Crippen LogP contribution in [-0.2, 0) is 15.9 Å². The molecule has 1 heterocycles. The quantitative estimate of drug-likeness (QED) is 0.391. The second-order valence-electron chi connectivity index (χ2n) is 7.72. The SMILES string of the molecule is CC1COC(CCc2cc(F)c(C#Cc3ccc4c(F)c(F)ccc4c3)c(F)c2)OC1. The minimum absolute atomic E-state index is 0.118. The zero-order valence-corrected chi connectivity index (χ0v) is 16.9. The van der Waals surface area contributed by atoms with Crippen molar-refractivity contribution in [1.29, 1.82) is 0 Å². The van der Waals surface area contributed by atoms with Crippen molar-refractivity contribution in [2.75, 3.05) is 13.2 Å². The van der Waals surface area contributed by atoms with Crippen LogP contribution in [0, 0.1) is 41.0 Å². The second-order valence-corrected chi connectivity index (χ2v) is 7.72. The normalized spacial score (nSPS) is 18.6. The fourth-order valence-electron chi connectivity index (χ4n) is 3.46. The van der Waals surface area contributed by atoms with Gasteiger partial charge in [0.15, 0.2) is 17.9 Å². The minimum atomic E-state index is -0.941. The molecule has 0 unspecified atom stereocenters. The molecule has 160 valence electrons. The predicted octanol–water partition coefficient (Wildman–Crippen LogP) is 5.74. The average Bonchev–Trinajstić information content (AvgIpc) is 2.75. The van der Waals surface area contributed by atoms with Gasteiger partial charge in [-0.3, -0.25) is 0 Å². The van der Waals surface area contributed by atoms with Crippen molar-refractivity contribution in [2.24, 2.45) is 5.92 Å². The molecule has 6 heteroatoms. The maximum absolute atomic E-state index is 14.5. The van der Waals surface area contributed by atoms with Crippen LogP contribution in [0.3, 0.4) is 0 Å². The maximum atomic E-state index is 14.5. The van der Waals surface area contributed by atoms with E-state index in [4.69, 9.17) is 9.47 Å². The summed E-state index contributed by atoms with van der Waals surface area (Å²) >= 11 is 0. The zero-order chi connectivity index (χ0) is 22.0. The van der Waals surface area contributed by atoms with E-state index in [9.17, 15) is 17.6 Å². The van der Waals surface area contributed by atoms with Crippen molar-refractivity contribution in [3.05, 3.63) is 82.4 Å². The van der Waals surface area contributed by atoms with Crippen molar-refractivity contribution >= 4 is 10.8 Å². The molecule has 0 saturated carbocycles. The summed E-state index contributed by atoms with van der Waals surface area (Å²) in [5.74, 6) is 2.15. The van der Waals surface area contributed by atoms with Gasteiger partial charge < -0.3 is 9.47 Å². The van der Waals surface area contributed by atoms with Gasteiger partial charge in [-0.1, -0.05) is 30.9 Å². The van der Waals surface area contributed by atoms with Crippen LogP contribution in [0.15, 0.2) is 42.5 Å². The van der Waals surface area contributed by atoms with Crippen molar-refractivity contribution in [2.45, 2.75) is 26.1 Å². The Bertz CT molecular complexity index is 1150. The third-order valence-corrected chi connectivity index (χ3v) is 5.14. The third kappa shape index (κ3) is 4.90. The summed E-state index contributed by atoms with van der Waals surface area (Å²) in [4.78, 5) is 0. The van der Waals surface area contributed by atoms with Crippen LogP contribution in [0.2, 0.25) is 0 Å². The molecule has 3 aromatic carbocycles. The smallest absolute Gasteiger partial charge is 0.166 e. The lowest BCUT2D eigenvalue weighted by Crippen LogP contribution is -2.30. The molecule has 0 radical (unpaired) electrons. The van der Waals surface area contributed by atoms with Crippen LogP contribution >= 0.6 is 0 Å². The molecule has 31 heavy (non-hydrogen) atoms. The number of ether oxygens (including phenoxy) is 2. The van der Waals surface area contributed by atoms with E-state index < -0.39 is 23.3 Å². The lowest BCUT2D eigenvalue weighted by Gasteiger charge is -2.27. The number of rotatable bonds is 3.